The van der Waals surface area contributed by atoms with Gasteiger partial charge in [-0.3, -0.25) is 4.79 Å². The number of benzene rings is 1. The van der Waals surface area contributed by atoms with E-state index < -0.39 is 0 Å². The van der Waals surface area contributed by atoms with Gasteiger partial charge < -0.3 is 4.79 Å². The van der Waals surface area contributed by atoms with Gasteiger partial charge in [0.05, 0.1) is 0 Å². The molecule has 0 bridgehead atoms. The first-order valence-electron chi connectivity index (χ1n) is 4.68. The molecule has 0 N–H and O–H groups in total. The van der Waals surface area contributed by atoms with Gasteiger partial charge in [0.25, 0.3) is 0 Å². The Morgan fingerprint density at radius 3 is 2.36 bits per heavy atom. The summed E-state index contributed by atoms with van der Waals surface area (Å²) in [6.07, 6.45) is 2.86. The number of rotatable bonds is 4. The largest absolute Gasteiger partial charge is 0.303 e. The lowest BCUT2D eigenvalue weighted by Crippen LogP contribution is -1.96. The topological polar surface area (TPSA) is 34.1 Å². The molecule has 0 heterocycles. The number of carbonyl (C=O) groups is 2. The second-order valence-corrected chi connectivity index (χ2v) is 3.46. The number of carbonyl (C=O) groups excluding carboxylic acids is 2. The normalized spacial score (nSPS) is 9.86. The molecular formula is C12H14O2. The molecule has 2 heteroatoms. The Labute approximate surface area is 83.9 Å². The van der Waals surface area contributed by atoms with Gasteiger partial charge >= 0.3 is 0 Å². The molecule has 1 aromatic rings. The van der Waals surface area contributed by atoms with Crippen LogP contribution in [0.4, 0.5) is 0 Å². The fraction of sp³-hybridized carbons (Fsp3) is 0.333. The van der Waals surface area contributed by atoms with Crippen molar-refractivity contribution in [1.82, 2.24) is 0 Å². The Balaban J connectivity index is 3.06. The molecule has 1 rings (SSSR count). The summed E-state index contributed by atoms with van der Waals surface area (Å²) in [5.41, 5.74) is 3.95. The molecule has 2 nitrogen and oxygen atoms in total. The minimum Gasteiger partial charge on any atom is -0.303 e. The van der Waals surface area contributed by atoms with Crippen molar-refractivity contribution in [1.29, 1.82) is 0 Å². The molecule has 0 saturated heterocycles. The fourth-order valence-electron chi connectivity index (χ4n) is 1.44. The average Bonchev–Trinajstić information content (AvgIpc) is 2.19. The minimum atomic E-state index is 0.476. The number of hydrogen-bond acceptors (Lipinski definition) is 2. The highest BCUT2D eigenvalue weighted by Gasteiger charge is 2.04. The van der Waals surface area contributed by atoms with E-state index in [0.717, 1.165) is 29.3 Å². The molecule has 0 saturated carbocycles. The maximum Gasteiger partial charge on any atom is 0.150 e. The standard InChI is InChI=1S/C12H14O2/c1-9-6-11(4-3-5-13)12(8-14)7-10(9)2/h5-8H,3-4H2,1-2H3. The third-order valence-electron chi connectivity index (χ3n) is 2.41. The van der Waals surface area contributed by atoms with Gasteiger partial charge in [-0.05, 0) is 43.0 Å². The zero-order chi connectivity index (χ0) is 10.6. The van der Waals surface area contributed by atoms with Crippen LogP contribution in [0.1, 0.15) is 33.5 Å². The first-order chi connectivity index (χ1) is 6.69. The molecule has 0 spiro atoms. The van der Waals surface area contributed by atoms with Gasteiger partial charge in [0.15, 0.2) is 0 Å². The maximum atomic E-state index is 10.8. The molecule has 0 radical (unpaired) electrons. The highest BCUT2D eigenvalue weighted by Crippen LogP contribution is 2.15. The Kier molecular flexibility index (Phi) is 3.57. The van der Waals surface area contributed by atoms with Crippen LogP contribution >= 0.6 is 0 Å². The molecule has 0 unspecified atom stereocenters. The fourth-order valence-corrected chi connectivity index (χ4v) is 1.44. The zero-order valence-corrected chi connectivity index (χ0v) is 8.54. The van der Waals surface area contributed by atoms with E-state index in [9.17, 15) is 9.59 Å². The van der Waals surface area contributed by atoms with E-state index in [1.165, 1.54) is 0 Å². The molecule has 1 aromatic carbocycles. The van der Waals surface area contributed by atoms with Crippen molar-refractivity contribution >= 4 is 12.6 Å². The Bertz CT molecular complexity index is 354. The number of aryl methyl sites for hydroxylation is 3. The average molecular weight is 190 g/mol. The third kappa shape index (κ3) is 2.28. The van der Waals surface area contributed by atoms with Crippen LogP contribution in [0.5, 0.6) is 0 Å². The molecule has 0 amide bonds. The highest BCUT2D eigenvalue weighted by atomic mass is 16.1. The van der Waals surface area contributed by atoms with Crippen LogP contribution in [-0.2, 0) is 11.2 Å². The predicted molar refractivity (Wildman–Crippen MR) is 55.7 cm³/mol. The summed E-state index contributed by atoms with van der Waals surface area (Å²) >= 11 is 0. The summed E-state index contributed by atoms with van der Waals surface area (Å²) in [4.78, 5) is 21.0. The first kappa shape index (κ1) is 10.6. The van der Waals surface area contributed by atoms with E-state index in [1.807, 2.05) is 26.0 Å². The molecule has 0 aromatic heterocycles. The molecule has 0 fully saturated rings. The van der Waals surface area contributed by atoms with Crippen molar-refractivity contribution in [3.8, 4) is 0 Å². The van der Waals surface area contributed by atoms with Gasteiger partial charge in [0.2, 0.25) is 0 Å². The minimum absolute atomic E-state index is 0.476. The van der Waals surface area contributed by atoms with Gasteiger partial charge in [-0.2, -0.15) is 0 Å². The van der Waals surface area contributed by atoms with Crippen LogP contribution < -0.4 is 0 Å². The lowest BCUT2D eigenvalue weighted by atomic mass is 9.98. The summed E-state index contributed by atoms with van der Waals surface area (Å²) in [5, 5.41) is 0. The molecule has 0 atom stereocenters. The van der Waals surface area contributed by atoms with Crippen LogP contribution in [0, 0.1) is 13.8 Å². The van der Waals surface area contributed by atoms with E-state index >= 15 is 0 Å². The lowest BCUT2D eigenvalue weighted by molar-refractivity contribution is -0.107. The number of aldehydes is 2. The number of hydrogen-bond donors (Lipinski definition) is 0. The summed E-state index contributed by atoms with van der Waals surface area (Å²) in [7, 11) is 0. The highest BCUT2D eigenvalue weighted by molar-refractivity contribution is 5.78. The van der Waals surface area contributed by atoms with Crippen LogP contribution in [0.15, 0.2) is 12.1 Å². The van der Waals surface area contributed by atoms with E-state index in [-0.39, 0.29) is 0 Å². The SMILES string of the molecule is Cc1cc(C=O)c(CCC=O)cc1C. The van der Waals surface area contributed by atoms with Crippen molar-refractivity contribution < 1.29 is 9.59 Å². The van der Waals surface area contributed by atoms with Crippen LogP contribution in [-0.4, -0.2) is 12.6 Å². The molecule has 14 heavy (non-hydrogen) atoms. The van der Waals surface area contributed by atoms with Crippen molar-refractivity contribution in [2.45, 2.75) is 26.7 Å². The summed E-state index contributed by atoms with van der Waals surface area (Å²) in [6, 6.07) is 3.87. The second-order valence-electron chi connectivity index (χ2n) is 3.46. The van der Waals surface area contributed by atoms with Gasteiger partial charge in [-0.1, -0.05) is 6.07 Å². The summed E-state index contributed by atoms with van der Waals surface area (Å²) < 4.78 is 0. The Morgan fingerprint density at radius 1 is 1.14 bits per heavy atom. The quantitative estimate of drug-likeness (QED) is 0.682. The van der Waals surface area contributed by atoms with Crippen molar-refractivity contribution in [2.24, 2.45) is 0 Å². The van der Waals surface area contributed by atoms with E-state index in [2.05, 4.69) is 0 Å². The maximum absolute atomic E-state index is 10.8. The zero-order valence-electron chi connectivity index (χ0n) is 8.54. The first-order valence-corrected chi connectivity index (χ1v) is 4.68. The lowest BCUT2D eigenvalue weighted by Gasteiger charge is -2.07. The smallest absolute Gasteiger partial charge is 0.150 e. The van der Waals surface area contributed by atoms with E-state index in [1.54, 1.807) is 0 Å². The summed E-state index contributed by atoms with van der Waals surface area (Å²) in [5.74, 6) is 0. The molecular weight excluding hydrogens is 176 g/mol. The van der Waals surface area contributed by atoms with Crippen molar-refractivity contribution in [3.63, 3.8) is 0 Å². The Hall–Kier alpha value is -1.44. The van der Waals surface area contributed by atoms with Crippen LogP contribution in [0.3, 0.4) is 0 Å². The monoisotopic (exact) mass is 190 g/mol. The van der Waals surface area contributed by atoms with Crippen LogP contribution in [0.2, 0.25) is 0 Å². The van der Waals surface area contributed by atoms with Crippen molar-refractivity contribution in [2.75, 3.05) is 0 Å². The molecule has 0 aliphatic rings. The Morgan fingerprint density at radius 2 is 1.79 bits per heavy atom. The predicted octanol–water partition coefficient (Wildman–Crippen LogP) is 2.25. The van der Waals surface area contributed by atoms with Gasteiger partial charge in [0.1, 0.15) is 12.6 Å². The molecule has 74 valence electrons. The van der Waals surface area contributed by atoms with Crippen molar-refractivity contribution in [3.05, 3.63) is 34.4 Å². The van der Waals surface area contributed by atoms with E-state index in [0.29, 0.717) is 18.4 Å². The summed E-state index contributed by atoms with van der Waals surface area (Å²) in [6.45, 7) is 3.99. The second kappa shape index (κ2) is 4.70. The van der Waals surface area contributed by atoms with Crippen LogP contribution in [0.25, 0.3) is 0 Å². The van der Waals surface area contributed by atoms with E-state index in [4.69, 9.17) is 0 Å². The van der Waals surface area contributed by atoms with Gasteiger partial charge in [-0.25, -0.2) is 0 Å². The van der Waals surface area contributed by atoms with Gasteiger partial charge in [0, 0.05) is 12.0 Å². The molecule has 0 aliphatic carbocycles. The third-order valence-corrected chi connectivity index (χ3v) is 2.41. The molecule has 0 aliphatic heterocycles. The van der Waals surface area contributed by atoms with Gasteiger partial charge in [-0.15, -0.1) is 0 Å².